The van der Waals surface area contributed by atoms with E-state index in [1.165, 1.54) is 0 Å². The molecule has 0 atom stereocenters. The average Bonchev–Trinajstić information content (AvgIpc) is 2.30. The van der Waals surface area contributed by atoms with Gasteiger partial charge in [0.05, 0.1) is 0 Å². The van der Waals surface area contributed by atoms with Gasteiger partial charge in [0.1, 0.15) is 6.67 Å². The van der Waals surface area contributed by atoms with Gasteiger partial charge in [0.25, 0.3) is 0 Å². The molecule has 0 bridgehead atoms. The molecule has 1 aromatic rings. The number of hydrogen-bond donors (Lipinski definition) is 1. The number of nitrogens with zero attached hydrogens (tertiary/aromatic N) is 2. The largest absolute Gasteiger partial charge is 0.366 e. The standard InChI is InChI=1S/C12H13N3O/c1-9-10(12(13)16)4-2-5-11(9)15-7-3-6-14-8-15/h2-7H,8H2,1H3,(H2,13,16). The highest BCUT2D eigenvalue weighted by molar-refractivity contribution is 5.96. The molecule has 0 saturated carbocycles. The zero-order valence-electron chi connectivity index (χ0n) is 9.05. The molecule has 4 heteroatoms. The summed E-state index contributed by atoms with van der Waals surface area (Å²) in [7, 11) is 0. The van der Waals surface area contributed by atoms with E-state index in [1.807, 2.05) is 36.2 Å². The summed E-state index contributed by atoms with van der Waals surface area (Å²) in [5.74, 6) is -0.399. The summed E-state index contributed by atoms with van der Waals surface area (Å²) in [4.78, 5) is 17.3. The number of aliphatic imine (C=N–C) groups is 1. The maximum absolute atomic E-state index is 11.2. The van der Waals surface area contributed by atoms with Crippen LogP contribution >= 0.6 is 0 Å². The minimum absolute atomic E-state index is 0.399. The normalized spacial score (nSPS) is 14.2. The number of benzene rings is 1. The molecule has 16 heavy (non-hydrogen) atoms. The fraction of sp³-hybridized carbons (Fsp3) is 0.167. The average molecular weight is 215 g/mol. The Morgan fingerprint density at radius 3 is 2.94 bits per heavy atom. The van der Waals surface area contributed by atoms with Crippen LogP contribution in [0.1, 0.15) is 15.9 Å². The number of primary amides is 1. The fourth-order valence-corrected chi connectivity index (χ4v) is 1.74. The molecular weight excluding hydrogens is 202 g/mol. The number of rotatable bonds is 2. The predicted molar refractivity (Wildman–Crippen MR) is 64.7 cm³/mol. The number of allylic oxidation sites excluding steroid dienone is 1. The van der Waals surface area contributed by atoms with Gasteiger partial charge in [-0.05, 0) is 30.7 Å². The molecule has 1 aliphatic heterocycles. The number of carbonyl (C=O) groups excluding carboxylic acids is 1. The van der Waals surface area contributed by atoms with Crippen molar-refractivity contribution in [2.75, 3.05) is 11.6 Å². The lowest BCUT2D eigenvalue weighted by atomic mass is 10.1. The van der Waals surface area contributed by atoms with Gasteiger partial charge >= 0.3 is 0 Å². The number of carbonyl (C=O) groups is 1. The first kappa shape index (κ1) is 10.4. The lowest BCUT2D eigenvalue weighted by molar-refractivity contribution is 0.1000. The smallest absolute Gasteiger partial charge is 0.249 e. The van der Waals surface area contributed by atoms with Crippen LogP contribution in [0.2, 0.25) is 0 Å². The maximum atomic E-state index is 11.2. The van der Waals surface area contributed by atoms with E-state index in [-0.39, 0.29) is 0 Å². The summed E-state index contributed by atoms with van der Waals surface area (Å²) in [5.41, 5.74) is 7.71. The van der Waals surface area contributed by atoms with Gasteiger partial charge < -0.3 is 10.6 Å². The van der Waals surface area contributed by atoms with Crippen molar-refractivity contribution in [3.63, 3.8) is 0 Å². The van der Waals surface area contributed by atoms with Gasteiger partial charge in [0, 0.05) is 23.7 Å². The van der Waals surface area contributed by atoms with E-state index in [0.29, 0.717) is 12.2 Å². The third kappa shape index (κ3) is 1.82. The summed E-state index contributed by atoms with van der Waals surface area (Å²) in [5, 5.41) is 0. The van der Waals surface area contributed by atoms with Gasteiger partial charge in [-0.1, -0.05) is 6.07 Å². The van der Waals surface area contributed by atoms with Crippen molar-refractivity contribution < 1.29 is 4.79 Å². The Balaban J connectivity index is 2.41. The molecule has 0 fully saturated rings. The van der Waals surface area contributed by atoms with Gasteiger partial charge in [0.2, 0.25) is 5.91 Å². The van der Waals surface area contributed by atoms with Crippen LogP contribution in [-0.4, -0.2) is 18.8 Å². The van der Waals surface area contributed by atoms with Crippen molar-refractivity contribution in [3.8, 4) is 0 Å². The van der Waals surface area contributed by atoms with Crippen molar-refractivity contribution in [1.82, 2.24) is 0 Å². The summed E-state index contributed by atoms with van der Waals surface area (Å²) in [6.07, 6.45) is 5.55. The van der Waals surface area contributed by atoms with Gasteiger partial charge in [-0.15, -0.1) is 0 Å². The zero-order valence-corrected chi connectivity index (χ0v) is 9.05. The highest BCUT2D eigenvalue weighted by Crippen LogP contribution is 2.23. The van der Waals surface area contributed by atoms with Crippen molar-refractivity contribution >= 4 is 17.8 Å². The Bertz CT molecular complexity index is 477. The molecule has 0 saturated heterocycles. The number of nitrogens with two attached hydrogens (primary N) is 1. The Kier molecular flexibility index (Phi) is 2.72. The van der Waals surface area contributed by atoms with E-state index in [1.54, 1.807) is 12.3 Å². The Morgan fingerprint density at radius 1 is 1.50 bits per heavy atom. The van der Waals surface area contributed by atoms with E-state index < -0.39 is 5.91 Å². The highest BCUT2D eigenvalue weighted by Gasteiger charge is 2.12. The summed E-state index contributed by atoms with van der Waals surface area (Å²) < 4.78 is 0. The first-order valence-corrected chi connectivity index (χ1v) is 5.03. The zero-order chi connectivity index (χ0) is 11.5. The van der Waals surface area contributed by atoms with Crippen LogP contribution in [0.4, 0.5) is 5.69 Å². The van der Waals surface area contributed by atoms with E-state index in [2.05, 4.69) is 4.99 Å². The minimum Gasteiger partial charge on any atom is -0.366 e. The third-order valence-electron chi connectivity index (χ3n) is 2.57. The monoisotopic (exact) mass is 215 g/mol. The van der Waals surface area contributed by atoms with Crippen molar-refractivity contribution in [2.45, 2.75) is 6.92 Å². The number of amides is 1. The quantitative estimate of drug-likeness (QED) is 0.811. The second-order valence-electron chi connectivity index (χ2n) is 3.60. The molecule has 4 nitrogen and oxygen atoms in total. The van der Waals surface area contributed by atoms with Crippen molar-refractivity contribution in [2.24, 2.45) is 10.7 Å². The molecule has 0 unspecified atom stereocenters. The topological polar surface area (TPSA) is 58.7 Å². The Hall–Kier alpha value is -2.10. The van der Waals surface area contributed by atoms with Crippen LogP contribution in [0.5, 0.6) is 0 Å². The molecule has 1 aromatic carbocycles. The van der Waals surface area contributed by atoms with Crippen LogP contribution in [0.3, 0.4) is 0 Å². The second-order valence-corrected chi connectivity index (χ2v) is 3.60. The van der Waals surface area contributed by atoms with Crippen molar-refractivity contribution in [3.05, 3.63) is 41.6 Å². The molecule has 2 N–H and O–H groups in total. The molecule has 0 aliphatic carbocycles. The highest BCUT2D eigenvalue weighted by atomic mass is 16.1. The van der Waals surface area contributed by atoms with Crippen LogP contribution in [0.25, 0.3) is 0 Å². The molecule has 1 amide bonds. The van der Waals surface area contributed by atoms with Crippen LogP contribution in [-0.2, 0) is 0 Å². The second kappa shape index (κ2) is 4.18. The van der Waals surface area contributed by atoms with Crippen LogP contribution < -0.4 is 10.6 Å². The Labute approximate surface area is 94.1 Å². The molecule has 1 aliphatic rings. The summed E-state index contributed by atoms with van der Waals surface area (Å²) >= 11 is 0. The fourth-order valence-electron chi connectivity index (χ4n) is 1.74. The SMILES string of the molecule is Cc1c(C(N)=O)cccc1N1C=CC=NC1. The molecule has 1 heterocycles. The van der Waals surface area contributed by atoms with Crippen LogP contribution in [0.15, 0.2) is 35.5 Å². The number of hydrogen-bond acceptors (Lipinski definition) is 3. The van der Waals surface area contributed by atoms with E-state index in [4.69, 9.17) is 5.73 Å². The molecular formula is C12H13N3O. The summed E-state index contributed by atoms with van der Waals surface area (Å²) in [6, 6.07) is 5.51. The lowest BCUT2D eigenvalue weighted by Crippen LogP contribution is -2.21. The van der Waals surface area contributed by atoms with Crippen LogP contribution in [0, 0.1) is 6.92 Å². The molecule has 2 rings (SSSR count). The van der Waals surface area contributed by atoms with E-state index in [9.17, 15) is 4.79 Å². The van der Waals surface area contributed by atoms with E-state index >= 15 is 0 Å². The molecule has 0 radical (unpaired) electrons. The molecule has 0 spiro atoms. The van der Waals surface area contributed by atoms with Gasteiger partial charge in [-0.2, -0.15) is 0 Å². The predicted octanol–water partition coefficient (Wildman–Crippen LogP) is 1.46. The van der Waals surface area contributed by atoms with Gasteiger partial charge in [-0.3, -0.25) is 9.79 Å². The van der Waals surface area contributed by atoms with Crippen molar-refractivity contribution in [1.29, 1.82) is 0 Å². The lowest BCUT2D eigenvalue weighted by Gasteiger charge is -2.22. The molecule has 0 aromatic heterocycles. The first-order chi connectivity index (χ1) is 7.70. The third-order valence-corrected chi connectivity index (χ3v) is 2.57. The maximum Gasteiger partial charge on any atom is 0.249 e. The van der Waals surface area contributed by atoms with Gasteiger partial charge in [-0.25, -0.2) is 0 Å². The van der Waals surface area contributed by atoms with E-state index in [0.717, 1.165) is 11.3 Å². The minimum atomic E-state index is -0.399. The summed E-state index contributed by atoms with van der Waals surface area (Å²) in [6.45, 7) is 2.46. The first-order valence-electron chi connectivity index (χ1n) is 5.03. The number of anilines is 1. The van der Waals surface area contributed by atoms with Gasteiger partial charge in [0.15, 0.2) is 0 Å². The Morgan fingerprint density at radius 2 is 2.31 bits per heavy atom. The molecule has 82 valence electrons.